The van der Waals surface area contributed by atoms with E-state index in [1.165, 1.54) is 6.42 Å². The molecule has 0 heterocycles. The second kappa shape index (κ2) is 2.36. The van der Waals surface area contributed by atoms with Crippen molar-refractivity contribution in [3.8, 4) is 0 Å². The molecule has 2 fully saturated rings. The van der Waals surface area contributed by atoms with E-state index in [0.717, 1.165) is 19.3 Å². The van der Waals surface area contributed by atoms with E-state index in [9.17, 15) is 8.42 Å². The highest BCUT2D eigenvalue weighted by Crippen LogP contribution is 2.48. The normalized spacial score (nSPS) is 43.2. The summed E-state index contributed by atoms with van der Waals surface area (Å²) in [4.78, 5) is 0. The van der Waals surface area contributed by atoms with Gasteiger partial charge in [-0.1, -0.05) is 6.42 Å². The van der Waals surface area contributed by atoms with Crippen LogP contribution in [-0.2, 0) is 9.05 Å². The van der Waals surface area contributed by atoms with Crippen LogP contribution < -0.4 is 0 Å². The molecule has 2 aliphatic rings. The summed E-state index contributed by atoms with van der Waals surface area (Å²) in [5, 5.41) is -0.220. The Kier molecular flexibility index (Phi) is 1.69. The first-order valence-corrected chi connectivity index (χ1v) is 6.38. The molecule has 0 amide bonds. The minimum Gasteiger partial charge on any atom is -0.212 e. The molecular weight excluding hydrogens is 184 g/mol. The van der Waals surface area contributed by atoms with Crippen molar-refractivity contribution in [1.29, 1.82) is 0 Å². The number of hydrogen-bond donors (Lipinski definition) is 0. The Balaban J connectivity index is 2.21. The maximum absolute atomic E-state index is 11.0. The fourth-order valence-corrected chi connectivity index (χ4v) is 4.39. The van der Waals surface area contributed by atoms with E-state index in [1.54, 1.807) is 0 Å². The molecule has 0 N–H and O–H groups in total. The van der Waals surface area contributed by atoms with Gasteiger partial charge in [-0.15, -0.1) is 0 Å². The lowest BCUT2D eigenvalue weighted by Gasteiger charge is -2.17. The average molecular weight is 195 g/mol. The SMILES string of the molecule is O=S(=O)(Cl)[C@@H]1C[C@@H]2CC[C@@H]1C2. The van der Waals surface area contributed by atoms with Crippen LogP contribution in [0.15, 0.2) is 0 Å². The zero-order valence-electron chi connectivity index (χ0n) is 6.16. The summed E-state index contributed by atoms with van der Waals surface area (Å²) in [7, 11) is 2.04. The number of halogens is 1. The van der Waals surface area contributed by atoms with Gasteiger partial charge in [0.2, 0.25) is 9.05 Å². The summed E-state index contributed by atoms with van der Waals surface area (Å²) in [6, 6.07) is 0. The van der Waals surface area contributed by atoms with Crippen LogP contribution in [0.5, 0.6) is 0 Å². The first-order chi connectivity index (χ1) is 5.07. The molecule has 2 rings (SSSR count). The van der Waals surface area contributed by atoms with Gasteiger partial charge in [-0.2, -0.15) is 0 Å². The third-order valence-corrected chi connectivity index (χ3v) is 5.02. The topological polar surface area (TPSA) is 34.1 Å². The molecule has 0 aromatic rings. The lowest BCUT2D eigenvalue weighted by Crippen LogP contribution is -2.22. The molecule has 2 saturated carbocycles. The summed E-state index contributed by atoms with van der Waals surface area (Å²) in [6.07, 6.45) is 4.20. The molecule has 4 heteroatoms. The Hall–Kier alpha value is 0.240. The highest BCUT2D eigenvalue weighted by atomic mass is 35.7. The van der Waals surface area contributed by atoms with Gasteiger partial charge < -0.3 is 0 Å². The van der Waals surface area contributed by atoms with Gasteiger partial charge in [0.15, 0.2) is 0 Å². The monoisotopic (exact) mass is 194 g/mol. The Morgan fingerprint density at radius 3 is 2.18 bits per heavy atom. The van der Waals surface area contributed by atoms with Gasteiger partial charge in [0.25, 0.3) is 0 Å². The molecule has 11 heavy (non-hydrogen) atoms. The second-order valence-corrected chi connectivity index (χ2v) is 6.54. The molecule has 0 saturated heterocycles. The standard InChI is InChI=1S/C7H11ClO2S/c8-11(9,10)7-4-5-1-2-6(7)3-5/h5-7H,1-4H2/t5-,6-,7-/m1/s1. The smallest absolute Gasteiger partial charge is 0.212 e. The summed E-state index contributed by atoms with van der Waals surface area (Å²) in [6.45, 7) is 0. The predicted octanol–water partition coefficient (Wildman–Crippen LogP) is 1.74. The number of hydrogen-bond acceptors (Lipinski definition) is 2. The average Bonchev–Trinajstić information content (AvgIpc) is 2.42. The fraction of sp³-hybridized carbons (Fsp3) is 1.00. The van der Waals surface area contributed by atoms with Crippen LogP contribution in [0.3, 0.4) is 0 Å². The maximum atomic E-state index is 11.0. The zero-order valence-corrected chi connectivity index (χ0v) is 7.74. The maximum Gasteiger partial charge on any atom is 0.235 e. The van der Waals surface area contributed by atoms with E-state index in [-0.39, 0.29) is 5.25 Å². The van der Waals surface area contributed by atoms with Crippen molar-refractivity contribution in [3.63, 3.8) is 0 Å². The molecule has 0 aromatic heterocycles. The fourth-order valence-electron chi connectivity index (χ4n) is 2.53. The molecule has 0 spiro atoms. The third kappa shape index (κ3) is 1.29. The van der Waals surface area contributed by atoms with Crippen molar-refractivity contribution in [2.45, 2.75) is 30.9 Å². The molecule has 2 nitrogen and oxygen atoms in total. The minimum absolute atomic E-state index is 0.220. The molecule has 64 valence electrons. The van der Waals surface area contributed by atoms with Crippen molar-refractivity contribution in [1.82, 2.24) is 0 Å². The number of fused-ring (bicyclic) bond motifs is 2. The van der Waals surface area contributed by atoms with Crippen molar-refractivity contribution in [3.05, 3.63) is 0 Å². The second-order valence-electron chi connectivity index (χ2n) is 3.69. The van der Waals surface area contributed by atoms with Crippen LogP contribution in [0.4, 0.5) is 0 Å². The van der Waals surface area contributed by atoms with Crippen LogP contribution in [0.2, 0.25) is 0 Å². The Morgan fingerprint density at radius 2 is 1.91 bits per heavy atom. The first-order valence-electron chi connectivity index (χ1n) is 4.01. The minimum atomic E-state index is -3.26. The molecule has 2 bridgehead atoms. The van der Waals surface area contributed by atoms with Gasteiger partial charge >= 0.3 is 0 Å². The summed E-state index contributed by atoms with van der Waals surface area (Å²) < 4.78 is 22.0. The molecule has 0 radical (unpaired) electrons. The van der Waals surface area contributed by atoms with Crippen LogP contribution in [0, 0.1) is 11.8 Å². The lowest BCUT2D eigenvalue weighted by molar-refractivity contribution is 0.470. The van der Waals surface area contributed by atoms with E-state index >= 15 is 0 Å². The quantitative estimate of drug-likeness (QED) is 0.596. The summed E-state index contributed by atoms with van der Waals surface area (Å²) >= 11 is 0. The lowest BCUT2D eigenvalue weighted by atomic mass is 10.0. The predicted molar refractivity (Wildman–Crippen MR) is 44.0 cm³/mol. The van der Waals surface area contributed by atoms with Crippen molar-refractivity contribution >= 4 is 19.7 Å². The van der Waals surface area contributed by atoms with Gasteiger partial charge in [-0.05, 0) is 31.1 Å². The molecule has 0 aliphatic heterocycles. The van der Waals surface area contributed by atoms with Crippen molar-refractivity contribution in [2.75, 3.05) is 0 Å². The van der Waals surface area contributed by atoms with Gasteiger partial charge in [-0.3, -0.25) is 0 Å². The Labute approximate surface area is 71.3 Å². The third-order valence-electron chi connectivity index (χ3n) is 3.03. The highest BCUT2D eigenvalue weighted by molar-refractivity contribution is 8.14. The zero-order chi connectivity index (χ0) is 8.06. The highest BCUT2D eigenvalue weighted by Gasteiger charge is 2.45. The van der Waals surface area contributed by atoms with E-state index < -0.39 is 9.05 Å². The van der Waals surface area contributed by atoms with E-state index in [2.05, 4.69) is 0 Å². The van der Waals surface area contributed by atoms with Crippen LogP contribution in [-0.4, -0.2) is 13.7 Å². The number of rotatable bonds is 1. The van der Waals surface area contributed by atoms with Crippen LogP contribution >= 0.6 is 10.7 Å². The van der Waals surface area contributed by atoms with E-state index in [0.29, 0.717) is 11.8 Å². The Morgan fingerprint density at radius 1 is 1.18 bits per heavy atom. The molecule has 0 aromatic carbocycles. The molecular formula is C7H11ClO2S. The molecule has 2 aliphatic carbocycles. The van der Waals surface area contributed by atoms with Crippen LogP contribution in [0.25, 0.3) is 0 Å². The summed E-state index contributed by atoms with van der Waals surface area (Å²) in [5.74, 6) is 1.03. The Bertz CT molecular complexity index is 260. The van der Waals surface area contributed by atoms with Gasteiger partial charge in [0, 0.05) is 10.7 Å². The molecule has 3 atom stereocenters. The van der Waals surface area contributed by atoms with Crippen molar-refractivity contribution < 1.29 is 8.42 Å². The largest absolute Gasteiger partial charge is 0.235 e. The van der Waals surface area contributed by atoms with Gasteiger partial charge in [-0.25, -0.2) is 8.42 Å². The van der Waals surface area contributed by atoms with E-state index in [1.807, 2.05) is 0 Å². The molecule has 0 unspecified atom stereocenters. The van der Waals surface area contributed by atoms with E-state index in [4.69, 9.17) is 10.7 Å². The first kappa shape index (κ1) is 7.87. The van der Waals surface area contributed by atoms with Gasteiger partial charge in [0.05, 0.1) is 5.25 Å². The van der Waals surface area contributed by atoms with Crippen molar-refractivity contribution in [2.24, 2.45) is 11.8 Å². The van der Waals surface area contributed by atoms with Crippen LogP contribution in [0.1, 0.15) is 25.7 Å². The van der Waals surface area contributed by atoms with Gasteiger partial charge in [0.1, 0.15) is 0 Å². The summed E-state index contributed by atoms with van der Waals surface area (Å²) in [5.41, 5.74) is 0.